The number of carbonyl (C=O) groups excluding carboxylic acids is 1. The van der Waals surface area contributed by atoms with Gasteiger partial charge in [0.1, 0.15) is 5.69 Å². The van der Waals surface area contributed by atoms with E-state index in [2.05, 4.69) is 20.4 Å². The van der Waals surface area contributed by atoms with Gasteiger partial charge >= 0.3 is 0 Å². The quantitative estimate of drug-likeness (QED) is 0.408. The number of halogens is 1. The number of nitrogens with one attached hydrogen (secondary N) is 1. The Morgan fingerprint density at radius 2 is 2.13 bits per heavy atom. The van der Waals surface area contributed by atoms with Crippen molar-refractivity contribution in [1.82, 2.24) is 19.7 Å². The second kappa shape index (κ2) is 8.74. The van der Waals surface area contributed by atoms with Crippen LogP contribution in [0.2, 0.25) is 0 Å². The molecule has 10 nitrogen and oxygen atoms in total. The van der Waals surface area contributed by atoms with Gasteiger partial charge in [0.2, 0.25) is 5.88 Å². The van der Waals surface area contributed by atoms with Gasteiger partial charge in [0.05, 0.1) is 25.0 Å². The molecule has 0 saturated carbocycles. The molecule has 0 unspecified atom stereocenters. The van der Waals surface area contributed by atoms with Gasteiger partial charge in [0.15, 0.2) is 23.1 Å². The molecule has 2 heterocycles. The van der Waals surface area contributed by atoms with Crippen molar-refractivity contribution in [2.75, 3.05) is 17.7 Å². The van der Waals surface area contributed by atoms with Crippen LogP contribution in [0.25, 0.3) is 0 Å². The van der Waals surface area contributed by atoms with Gasteiger partial charge in [-0.25, -0.2) is 9.37 Å². The van der Waals surface area contributed by atoms with Crippen LogP contribution in [0.3, 0.4) is 0 Å². The molecule has 0 aliphatic heterocycles. The van der Waals surface area contributed by atoms with Crippen molar-refractivity contribution in [2.24, 2.45) is 5.73 Å². The normalized spacial score (nSPS) is 11.0. The second-order valence-electron chi connectivity index (χ2n) is 6.76. The number of aromatic nitrogens is 4. The number of nitrogen functional groups attached to an aromatic ring is 1. The summed E-state index contributed by atoms with van der Waals surface area (Å²) < 4.78 is 21.3. The van der Waals surface area contributed by atoms with E-state index in [1.165, 1.54) is 29.1 Å². The highest BCUT2D eigenvalue weighted by Gasteiger charge is 2.22. The molecule has 11 heteroatoms. The highest BCUT2D eigenvalue weighted by Crippen LogP contribution is 2.32. The fourth-order valence-corrected chi connectivity index (χ4v) is 2.63. The van der Waals surface area contributed by atoms with Gasteiger partial charge in [0, 0.05) is 23.9 Å². The van der Waals surface area contributed by atoms with E-state index in [9.17, 15) is 9.18 Å². The summed E-state index contributed by atoms with van der Waals surface area (Å²) in [5, 5.41) is 16.0. The molecule has 3 rings (SSSR count). The molecule has 0 aliphatic carbocycles. The highest BCUT2D eigenvalue weighted by atomic mass is 19.1. The molecule has 0 fully saturated rings. The SMILES string of the molecule is CC(C)c1nc(C(N)=O)c(Nc2cnn(CCO)c2)nc1Oc1cc(N)ccc1F. The summed E-state index contributed by atoms with van der Waals surface area (Å²) in [6.07, 6.45) is 3.09. The number of aliphatic hydroxyl groups excluding tert-OH is 1. The molecular formula is C19H22FN7O3. The number of nitrogens with zero attached hydrogens (tertiary/aromatic N) is 4. The van der Waals surface area contributed by atoms with Crippen molar-refractivity contribution in [3.63, 3.8) is 0 Å². The van der Waals surface area contributed by atoms with Crippen molar-refractivity contribution >= 4 is 23.1 Å². The first kappa shape index (κ1) is 21.0. The minimum atomic E-state index is -0.795. The lowest BCUT2D eigenvalue weighted by Crippen LogP contribution is -2.18. The number of anilines is 3. The van der Waals surface area contributed by atoms with Crippen LogP contribution in [0.15, 0.2) is 30.6 Å². The Morgan fingerprint density at radius 1 is 1.37 bits per heavy atom. The van der Waals surface area contributed by atoms with Gasteiger partial charge in [-0.2, -0.15) is 10.1 Å². The Bertz CT molecular complexity index is 1070. The zero-order chi connectivity index (χ0) is 21.8. The Labute approximate surface area is 171 Å². The summed E-state index contributed by atoms with van der Waals surface area (Å²) in [5.41, 5.74) is 12.2. The van der Waals surface area contributed by atoms with Crippen LogP contribution in [0.5, 0.6) is 11.6 Å². The molecule has 30 heavy (non-hydrogen) atoms. The van der Waals surface area contributed by atoms with E-state index in [1.54, 1.807) is 6.20 Å². The van der Waals surface area contributed by atoms with Crippen molar-refractivity contribution in [2.45, 2.75) is 26.3 Å². The van der Waals surface area contributed by atoms with E-state index in [-0.39, 0.29) is 35.7 Å². The van der Waals surface area contributed by atoms with Crippen LogP contribution in [0.1, 0.15) is 35.9 Å². The average Bonchev–Trinajstić information content (AvgIpc) is 3.11. The number of carbonyl (C=O) groups is 1. The molecule has 0 aliphatic rings. The van der Waals surface area contributed by atoms with Gasteiger partial charge in [-0.15, -0.1) is 0 Å². The van der Waals surface area contributed by atoms with Crippen LogP contribution in [-0.4, -0.2) is 37.4 Å². The Morgan fingerprint density at radius 3 is 2.80 bits per heavy atom. The lowest BCUT2D eigenvalue weighted by Gasteiger charge is -2.16. The number of benzene rings is 1. The fraction of sp³-hybridized carbons (Fsp3) is 0.263. The smallest absolute Gasteiger partial charge is 0.271 e. The largest absolute Gasteiger partial charge is 0.434 e. The maximum absolute atomic E-state index is 14.2. The van der Waals surface area contributed by atoms with Crippen LogP contribution in [0.4, 0.5) is 21.6 Å². The van der Waals surface area contributed by atoms with E-state index in [4.69, 9.17) is 21.3 Å². The number of hydrogen-bond donors (Lipinski definition) is 4. The summed E-state index contributed by atoms with van der Waals surface area (Å²) in [4.78, 5) is 20.6. The first-order valence-corrected chi connectivity index (χ1v) is 9.13. The molecule has 0 spiro atoms. The monoisotopic (exact) mass is 415 g/mol. The maximum Gasteiger partial charge on any atom is 0.271 e. The third kappa shape index (κ3) is 4.63. The third-order valence-electron chi connectivity index (χ3n) is 4.06. The number of primary amides is 1. The molecule has 0 atom stereocenters. The molecule has 1 amide bonds. The van der Waals surface area contributed by atoms with E-state index < -0.39 is 11.7 Å². The molecular weight excluding hydrogens is 393 g/mol. The number of ether oxygens (including phenoxy) is 1. The lowest BCUT2D eigenvalue weighted by atomic mass is 10.1. The zero-order valence-corrected chi connectivity index (χ0v) is 16.5. The third-order valence-corrected chi connectivity index (χ3v) is 4.06. The van der Waals surface area contributed by atoms with Crippen molar-refractivity contribution in [1.29, 1.82) is 0 Å². The molecule has 2 aromatic heterocycles. The summed E-state index contributed by atoms with van der Waals surface area (Å²) in [5.74, 6) is -1.72. The first-order valence-electron chi connectivity index (χ1n) is 9.13. The Kier molecular flexibility index (Phi) is 6.11. The number of aliphatic hydroxyl groups is 1. The number of hydrogen-bond acceptors (Lipinski definition) is 8. The first-order chi connectivity index (χ1) is 14.3. The predicted octanol–water partition coefficient (Wildman–Crippen LogP) is 2.14. The van der Waals surface area contributed by atoms with Gasteiger partial charge in [-0.05, 0) is 12.1 Å². The summed E-state index contributed by atoms with van der Waals surface area (Å²) in [7, 11) is 0. The van der Waals surface area contributed by atoms with Crippen LogP contribution in [-0.2, 0) is 6.54 Å². The highest BCUT2D eigenvalue weighted by molar-refractivity contribution is 5.96. The molecule has 6 N–H and O–H groups in total. The molecule has 0 saturated heterocycles. The average molecular weight is 415 g/mol. The van der Waals surface area contributed by atoms with Gasteiger partial charge in [-0.3, -0.25) is 9.48 Å². The van der Waals surface area contributed by atoms with E-state index >= 15 is 0 Å². The van der Waals surface area contributed by atoms with Gasteiger partial charge < -0.3 is 26.6 Å². The Hall–Kier alpha value is -3.73. The van der Waals surface area contributed by atoms with Gasteiger partial charge in [0.25, 0.3) is 5.91 Å². The molecule has 158 valence electrons. The summed E-state index contributed by atoms with van der Waals surface area (Å²) >= 11 is 0. The minimum absolute atomic E-state index is 0.00440. The topological polar surface area (TPSA) is 154 Å². The van der Waals surface area contributed by atoms with Crippen molar-refractivity contribution in [3.8, 4) is 11.6 Å². The fourth-order valence-electron chi connectivity index (χ4n) is 2.63. The summed E-state index contributed by atoms with van der Waals surface area (Å²) in [6.45, 7) is 3.86. The van der Waals surface area contributed by atoms with Crippen LogP contribution in [0, 0.1) is 5.82 Å². The van der Waals surface area contributed by atoms with E-state index in [0.29, 0.717) is 23.6 Å². The molecule has 0 bridgehead atoms. The standard InChI is InChI=1S/C19H22FN7O3/c1-10(2)15-19(30-14-7-11(21)3-4-13(14)20)26-18(16(25-15)17(22)29)24-12-8-23-27(9-12)5-6-28/h3-4,7-10,28H,5-6,21H2,1-2H3,(H2,22,29)(H,24,26). The second-order valence-corrected chi connectivity index (χ2v) is 6.76. The number of nitrogens with two attached hydrogens (primary N) is 2. The van der Waals surface area contributed by atoms with Crippen LogP contribution >= 0.6 is 0 Å². The summed E-state index contributed by atoms with van der Waals surface area (Å²) in [6, 6.07) is 3.92. The van der Waals surface area contributed by atoms with Crippen molar-refractivity contribution in [3.05, 3.63) is 47.8 Å². The molecule has 3 aromatic rings. The van der Waals surface area contributed by atoms with Gasteiger partial charge in [-0.1, -0.05) is 13.8 Å². The van der Waals surface area contributed by atoms with E-state index in [1.807, 2.05) is 13.8 Å². The molecule has 1 aromatic carbocycles. The van der Waals surface area contributed by atoms with E-state index in [0.717, 1.165) is 0 Å². The van der Waals surface area contributed by atoms with Crippen LogP contribution < -0.4 is 21.5 Å². The van der Waals surface area contributed by atoms with Crippen molar-refractivity contribution < 1.29 is 19.0 Å². The predicted molar refractivity (Wildman–Crippen MR) is 108 cm³/mol. The number of amides is 1. The number of rotatable bonds is 8. The minimum Gasteiger partial charge on any atom is -0.434 e. The lowest BCUT2D eigenvalue weighted by molar-refractivity contribution is 0.0995. The maximum atomic E-state index is 14.2. The zero-order valence-electron chi connectivity index (χ0n) is 16.5. The Balaban J connectivity index is 2.05. The molecule has 0 radical (unpaired) electrons.